The molecule has 1 atom stereocenters. The van der Waals surface area contributed by atoms with E-state index < -0.39 is 12.0 Å². The predicted molar refractivity (Wildman–Crippen MR) is 82.6 cm³/mol. The highest BCUT2D eigenvalue weighted by atomic mass is 16.6. The minimum atomic E-state index is -1.01. The molecular formula is C17H14N2O4. The maximum atomic E-state index is 11.6. The fourth-order valence-corrected chi connectivity index (χ4v) is 2.33. The summed E-state index contributed by atoms with van der Waals surface area (Å²) < 4.78 is 10.9. The Balaban J connectivity index is 1.86. The monoisotopic (exact) mass is 310 g/mol. The van der Waals surface area contributed by atoms with Gasteiger partial charge in [0.15, 0.2) is 17.5 Å². The van der Waals surface area contributed by atoms with Crippen molar-refractivity contribution in [3.8, 4) is 17.6 Å². The lowest BCUT2D eigenvalue weighted by Gasteiger charge is -2.21. The van der Waals surface area contributed by atoms with E-state index >= 15 is 0 Å². The minimum absolute atomic E-state index is 0.442. The number of nitrogens with one attached hydrogen (secondary N) is 1. The van der Waals surface area contributed by atoms with Crippen molar-refractivity contribution in [2.24, 2.45) is 0 Å². The van der Waals surface area contributed by atoms with Gasteiger partial charge in [-0.25, -0.2) is 4.79 Å². The lowest BCUT2D eigenvalue weighted by atomic mass is 10.1. The van der Waals surface area contributed by atoms with Crippen molar-refractivity contribution in [2.75, 3.05) is 18.5 Å². The van der Waals surface area contributed by atoms with Gasteiger partial charge in [0, 0.05) is 5.69 Å². The number of anilines is 1. The molecule has 1 aliphatic rings. The molecule has 23 heavy (non-hydrogen) atoms. The van der Waals surface area contributed by atoms with Gasteiger partial charge >= 0.3 is 5.97 Å². The van der Waals surface area contributed by atoms with Gasteiger partial charge in [-0.3, -0.25) is 0 Å². The second kappa shape index (κ2) is 6.28. The van der Waals surface area contributed by atoms with Crippen molar-refractivity contribution in [2.45, 2.75) is 6.04 Å². The molecule has 0 spiro atoms. The molecule has 2 aromatic rings. The lowest BCUT2D eigenvalue weighted by molar-refractivity contribution is -0.138. The number of hydrogen-bond donors (Lipinski definition) is 2. The molecule has 3 rings (SSSR count). The number of rotatable bonds is 4. The SMILES string of the molecule is N#Cc1ccc(NC(C(=O)O)c2ccc3c(c2)OCCO3)cc1. The third-order valence-electron chi connectivity index (χ3n) is 3.47. The Morgan fingerprint density at radius 2 is 1.83 bits per heavy atom. The van der Waals surface area contributed by atoms with Crippen LogP contribution in [0.15, 0.2) is 42.5 Å². The second-order valence-electron chi connectivity index (χ2n) is 5.01. The van der Waals surface area contributed by atoms with Gasteiger partial charge in [0.05, 0.1) is 11.6 Å². The Hall–Kier alpha value is -3.20. The molecule has 1 unspecified atom stereocenters. The zero-order chi connectivity index (χ0) is 16.2. The summed E-state index contributed by atoms with van der Waals surface area (Å²) in [5.41, 5.74) is 1.69. The topological polar surface area (TPSA) is 91.6 Å². The number of benzene rings is 2. The molecule has 6 nitrogen and oxygen atoms in total. The Bertz CT molecular complexity index is 765. The molecule has 0 amide bonds. The fourth-order valence-electron chi connectivity index (χ4n) is 2.33. The first kappa shape index (κ1) is 14.7. The largest absolute Gasteiger partial charge is 0.486 e. The lowest BCUT2D eigenvalue weighted by Crippen LogP contribution is -2.21. The van der Waals surface area contributed by atoms with Crippen LogP contribution in [-0.4, -0.2) is 24.3 Å². The number of carboxylic acid groups (broad SMARTS) is 1. The zero-order valence-electron chi connectivity index (χ0n) is 12.2. The summed E-state index contributed by atoms with van der Waals surface area (Å²) >= 11 is 0. The van der Waals surface area contributed by atoms with Crippen LogP contribution in [0.25, 0.3) is 0 Å². The number of nitriles is 1. The predicted octanol–water partition coefficient (Wildman–Crippen LogP) is 2.57. The Labute approximate surface area is 132 Å². The standard InChI is InChI=1S/C17H14N2O4/c18-10-11-1-4-13(5-2-11)19-16(17(20)21)12-3-6-14-15(9-12)23-8-7-22-14/h1-6,9,16,19H,7-8H2,(H,20,21). The molecule has 1 heterocycles. The van der Waals surface area contributed by atoms with Gasteiger partial charge < -0.3 is 19.9 Å². The molecule has 0 bridgehead atoms. The van der Waals surface area contributed by atoms with E-state index in [0.29, 0.717) is 41.5 Å². The third kappa shape index (κ3) is 3.19. The van der Waals surface area contributed by atoms with Crippen LogP contribution in [0, 0.1) is 11.3 Å². The average Bonchev–Trinajstić information content (AvgIpc) is 2.59. The van der Waals surface area contributed by atoms with Crippen molar-refractivity contribution in [3.63, 3.8) is 0 Å². The fraction of sp³-hybridized carbons (Fsp3) is 0.176. The summed E-state index contributed by atoms with van der Waals surface area (Å²) in [5.74, 6) is 0.148. The van der Waals surface area contributed by atoms with Gasteiger partial charge in [-0.2, -0.15) is 5.26 Å². The first-order chi connectivity index (χ1) is 11.2. The van der Waals surface area contributed by atoms with Crippen LogP contribution in [0.5, 0.6) is 11.5 Å². The molecule has 0 saturated heterocycles. The first-order valence-corrected chi connectivity index (χ1v) is 7.06. The third-order valence-corrected chi connectivity index (χ3v) is 3.47. The van der Waals surface area contributed by atoms with Crippen LogP contribution in [-0.2, 0) is 4.79 Å². The highest BCUT2D eigenvalue weighted by Gasteiger charge is 2.22. The van der Waals surface area contributed by atoms with Crippen molar-refractivity contribution in [1.82, 2.24) is 0 Å². The molecular weight excluding hydrogens is 296 g/mol. The van der Waals surface area contributed by atoms with Crippen molar-refractivity contribution in [1.29, 1.82) is 5.26 Å². The van der Waals surface area contributed by atoms with Crippen LogP contribution >= 0.6 is 0 Å². The highest BCUT2D eigenvalue weighted by molar-refractivity contribution is 5.79. The van der Waals surface area contributed by atoms with Crippen molar-refractivity contribution in [3.05, 3.63) is 53.6 Å². The van der Waals surface area contributed by atoms with Gasteiger partial charge in [0.25, 0.3) is 0 Å². The Morgan fingerprint density at radius 1 is 1.13 bits per heavy atom. The smallest absolute Gasteiger partial charge is 0.330 e. The summed E-state index contributed by atoms with van der Waals surface area (Å²) in [7, 11) is 0. The molecule has 0 saturated carbocycles. The number of fused-ring (bicyclic) bond motifs is 1. The maximum Gasteiger partial charge on any atom is 0.330 e. The minimum Gasteiger partial charge on any atom is -0.486 e. The summed E-state index contributed by atoms with van der Waals surface area (Å²) in [6.07, 6.45) is 0. The van der Waals surface area contributed by atoms with Gasteiger partial charge in [-0.05, 0) is 42.0 Å². The molecule has 2 aromatic carbocycles. The van der Waals surface area contributed by atoms with Gasteiger partial charge in [0.2, 0.25) is 0 Å². The molecule has 0 aliphatic carbocycles. The number of carboxylic acids is 1. The van der Waals surface area contributed by atoms with Crippen LogP contribution in [0.1, 0.15) is 17.2 Å². The van der Waals surface area contributed by atoms with E-state index in [2.05, 4.69) is 5.32 Å². The molecule has 116 valence electrons. The number of hydrogen-bond acceptors (Lipinski definition) is 5. The summed E-state index contributed by atoms with van der Waals surface area (Å²) in [5, 5.41) is 21.3. The zero-order valence-corrected chi connectivity index (χ0v) is 12.2. The second-order valence-corrected chi connectivity index (χ2v) is 5.01. The quantitative estimate of drug-likeness (QED) is 0.902. The Morgan fingerprint density at radius 3 is 2.48 bits per heavy atom. The summed E-state index contributed by atoms with van der Waals surface area (Å²) in [6, 6.07) is 12.8. The summed E-state index contributed by atoms with van der Waals surface area (Å²) in [4.78, 5) is 11.6. The number of nitrogens with zero attached hydrogens (tertiary/aromatic N) is 1. The van der Waals surface area contributed by atoms with Gasteiger partial charge in [0.1, 0.15) is 13.2 Å². The first-order valence-electron chi connectivity index (χ1n) is 7.06. The molecule has 6 heteroatoms. The molecule has 0 radical (unpaired) electrons. The molecule has 2 N–H and O–H groups in total. The number of ether oxygens (including phenoxy) is 2. The van der Waals surface area contributed by atoms with E-state index in [0.717, 1.165) is 0 Å². The van der Waals surface area contributed by atoms with E-state index in [4.69, 9.17) is 14.7 Å². The van der Waals surface area contributed by atoms with Crippen LogP contribution in [0.4, 0.5) is 5.69 Å². The number of carbonyl (C=O) groups is 1. The maximum absolute atomic E-state index is 11.6. The molecule has 1 aliphatic heterocycles. The normalized spacial score (nSPS) is 13.7. The number of aliphatic carboxylic acids is 1. The van der Waals surface area contributed by atoms with Crippen LogP contribution < -0.4 is 14.8 Å². The van der Waals surface area contributed by atoms with Crippen LogP contribution in [0.2, 0.25) is 0 Å². The van der Waals surface area contributed by atoms with E-state index in [1.54, 1.807) is 42.5 Å². The van der Waals surface area contributed by atoms with Crippen molar-refractivity contribution >= 4 is 11.7 Å². The van der Waals surface area contributed by atoms with E-state index in [1.807, 2.05) is 6.07 Å². The molecule has 0 aromatic heterocycles. The van der Waals surface area contributed by atoms with Crippen molar-refractivity contribution < 1.29 is 19.4 Å². The Kier molecular flexibility index (Phi) is 4.02. The van der Waals surface area contributed by atoms with E-state index in [9.17, 15) is 9.90 Å². The van der Waals surface area contributed by atoms with Gasteiger partial charge in [-0.1, -0.05) is 6.07 Å². The van der Waals surface area contributed by atoms with Gasteiger partial charge in [-0.15, -0.1) is 0 Å². The average molecular weight is 310 g/mol. The van der Waals surface area contributed by atoms with Crippen LogP contribution in [0.3, 0.4) is 0 Å². The highest BCUT2D eigenvalue weighted by Crippen LogP contribution is 2.33. The van der Waals surface area contributed by atoms with E-state index in [1.165, 1.54) is 0 Å². The molecule has 0 fully saturated rings. The summed E-state index contributed by atoms with van der Waals surface area (Å²) in [6.45, 7) is 0.926. The van der Waals surface area contributed by atoms with E-state index in [-0.39, 0.29) is 0 Å².